The van der Waals surface area contributed by atoms with Crippen molar-refractivity contribution >= 4 is 16.7 Å². The van der Waals surface area contributed by atoms with Crippen LogP contribution in [0.2, 0.25) is 0 Å². The van der Waals surface area contributed by atoms with Gasteiger partial charge in [-0.3, -0.25) is 4.68 Å². The molecule has 0 radical (unpaired) electrons. The number of para-hydroxylation sites is 1. The summed E-state index contributed by atoms with van der Waals surface area (Å²) in [6.45, 7) is 2.20. The van der Waals surface area contributed by atoms with Crippen molar-refractivity contribution < 1.29 is 4.42 Å². The fourth-order valence-electron chi connectivity index (χ4n) is 2.70. The minimum absolute atomic E-state index is 0.412. The topological polar surface area (TPSA) is 57.0 Å². The molecule has 1 aliphatic carbocycles. The number of nitrogen functional groups attached to an aromatic ring is 1. The van der Waals surface area contributed by atoms with Gasteiger partial charge in [0.1, 0.15) is 5.58 Å². The monoisotopic (exact) mass is 267 g/mol. The number of nitrogens with zero attached hydrogens (tertiary/aromatic N) is 2. The van der Waals surface area contributed by atoms with Crippen molar-refractivity contribution in [1.29, 1.82) is 0 Å². The van der Waals surface area contributed by atoms with E-state index in [4.69, 9.17) is 10.2 Å². The smallest absolute Gasteiger partial charge is 0.157 e. The minimum Gasteiger partial charge on any atom is -0.454 e. The number of furan rings is 1. The van der Waals surface area contributed by atoms with Gasteiger partial charge in [-0.25, -0.2) is 0 Å². The maximum Gasteiger partial charge on any atom is 0.157 e. The van der Waals surface area contributed by atoms with Crippen molar-refractivity contribution in [1.82, 2.24) is 9.78 Å². The van der Waals surface area contributed by atoms with E-state index in [9.17, 15) is 0 Å². The highest BCUT2D eigenvalue weighted by atomic mass is 16.3. The summed E-state index contributed by atoms with van der Waals surface area (Å²) in [6, 6.07) is 10.4. The first-order valence-corrected chi connectivity index (χ1v) is 7.06. The summed E-state index contributed by atoms with van der Waals surface area (Å²) in [5.41, 5.74) is 8.40. The lowest BCUT2D eigenvalue weighted by Crippen LogP contribution is -2.07. The largest absolute Gasteiger partial charge is 0.454 e. The molecule has 1 aromatic carbocycles. The zero-order chi connectivity index (χ0) is 13.7. The number of fused-ring (bicyclic) bond motifs is 1. The Balaban J connectivity index is 1.77. The minimum atomic E-state index is 0.412. The van der Waals surface area contributed by atoms with Gasteiger partial charge in [0.05, 0.1) is 11.7 Å². The SMILES string of the molecule is CC(C1CC1)n1cc(N)c(-c2cc3ccccc3o2)n1. The molecule has 4 rings (SSSR count). The second-order valence-electron chi connectivity index (χ2n) is 5.64. The molecule has 20 heavy (non-hydrogen) atoms. The van der Waals surface area contributed by atoms with Gasteiger partial charge in [-0.1, -0.05) is 18.2 Å². The fraction of sp³-hybridized carbons (Fsp3) is 0.312. The van der Waals surface area contributed by atoms with Crippen molar-refractivity contribution in [2.45, 2.75) is 25.8 Å². The lowest BCUT2D eigenvalue weighted by molar-refractivity contribution is 0.440. The Morgan fingerprint density at radius 1 is 1.35 bits per heavy atom. The standard InChI is InChI=1S/C16H17N3O/c1-10(11-6-7-11)19-9-13(17)16(18-19)15-8-12-4-2-3-5-14(12)20-15/h2-5,8-11H,6-7,17H2,1H3. The molecule has 1 saturated carbocycles. The average molecular weight is 267 g/mol. The molecule has 2 heterocycles. The van der Waals surface area contributed by atoms with Crippen LogP contribution >= 0.6 is 0 Å². The van der Waals surface area contributed by atoms with Crippen LogP contribution < -0.4 is 5.73 Å². The lowest BCUT2D eigenvalue weighted by atomic mass is 10.2. The predicted octanol–water partition coefficient (Wildman–Crippen LogP) is 3.85. The zero-order valence-electron chi connectivity index (χ0n) is 11.4. The molecule has 1 fully saturated rings. The van der Waals surface area contributed by atoms with Crippen molar-refractivity contribution in [3.05, 3.63) is 36.5 Å². The summed E-state index contributed by atoms with van der Waals surface area (Å²) in [6.07, 6.45) is 4.51. The molecule has 2 N–H and O–H groups in total. The second kappa shape index (κ2) is 4.13. The van der Waals surface area contributed by atoms with Crippen LogP contribution in [-0.4, -0.2) is 9.78 Å². The van der Waals surface area contributed by atoms with E-state index in [1.54, 1.807) is 0 Å². The Morgan fingerprint density at radius 3 is 2.90 bits per heavy atom. The molecule has 102 valence electrons. The summed E-state index contributed by atoms with van der Waals surface area (Å²) in [7, 11) is 0. The van der Waals surface area contributed by atoms with E-state index in [0.29, 0.717) is 11.7 Å². The number of hydrogen-bond donors (Lipinski definition) is 1. The van der Waals surface area contributed by atoms with Crippen LogP contribution in [0.25, 0.3) is 22.4 Å². The first kappa shape index (κ1) is 11.6. The fourth-order valence-corrected chi connectivity index (χ4v) is 2.70. The number of hydrogen-bond acceptors (Lipinski definition) is 3. The van der Waals surface area contributed by atoms with Gasteiger partial charge < -0.3 is 10.2 Å². The van der Waals surface area contributed by atoms with Gasteiger partial charge in [-0.05, 0) is 37.8 Å². The Morgan fingerprint density at radius 2 is 2.15 bits per heavy atom. The number of rotatable bonds is 3. The summed E-state index contributed by atoms with van der Waals surface area (Å²) in [4.78, 5) is 0. The zero-order valence-corrected chi connectivity index (χ0v) is 11.4. The number of benzene rings is 1. The molecule has 2 aromatic heterocycles. The van der Waals surface area contributed by atoms with Crippen molar-refractivity contribution in [3.63, 3.8) is 0 Å². The third-order valence-corrected chi connectivity index (χ3v) is 4.14. The van der Waals surface area contributed by atoms with Crippen LogP contribution in [0.1, 0.15) is 25.8 Å². The third-order valence-electron chi connectivity index (χ3n) is 4.14. The van der Waals surface area contributed by atoms with Crippen molar-refractivity contribution in [3.8, 4) is 11.5 Å². The van der Waals surface area contributed by atoms with Gasteiger partial charge >= 0.3 is 0 Å². The highest BCUT2D eigenvalue weighted by molar-refractivity contribution is 5.84. The van der Waals surface area contributed by atoms with Crippen LogP contribution in [0.4, 0.5) is 5.69 Å². The number of anilines is 1. The molecular formula is C16H17N3O. The molecule has 1 unspecified atom stereocenters. The average Bonchev–Trinajstić information content (AvgIpc) is 3.09. The molecule has 0 aliphatic heterocycles. The van der Waals surface area contributed by atoms with E-state index in [1.165, 1.54) is 12.8 Å². The predicted molar refractivity (Wildman–Crippen MR) is 79.3 cm³/mol. The molecule has 4 nitrogen and oxygen atoms in total. The first-order valence-electron chi connectivity index (χ1n) is 7.06. The molecule has 0 bridgehead atoms. The van der Waals surface area contributed by atoms with Crippen LogP contribution in [0, 0.1) is 5.92 Å². The Labute approximate surface area is 117 Å². The molecule has 3 aromatic rings. The summed E-state index contributed by atoms with van der Waals surface area (Å²) in [5, 5.41) is 5.71. The first-order chi connectivity index (χ1) is 9.72. The van der Waals surface area contributed by atoms with Gasteiger partial charge in [-0.2, -0.15) is 5.10 Å². The molecule has 1 atom stereocenters. The Kier molecular flexibility index (Phi) is 2.39. The van der Waals surface area contributed by atoms with Crippen molar-refractivity contribution in [2.24, 2.45) is 5.92 Å². The van der Waals surface area contributed by atoms with E-state index >= 15 is 0 Å². The Bertz CT molecular complexity index is 734. The van der Waals surface area contributed by atoms with E-state index < -0.39 is 0 Å². The van der Waals surface area contributed by atoms with Gasteiger partial charge in [0, 0.05) is 11.6 Å². The van der Waals surface area contributed by atoms with Crippen molar-refractivity contribution in [2.75, 3.05) is 5.73 Å². The maximum atomic E-state index is 6.11. The summed E-state index contributed by atoms with van der Waals surface area (Å²) in [5.74, 6) is 1.49. The summed E-state index contributed by atoms with van der Waals surface area (Å²) < 4.78 is 7.83. The van der Waals surface area contributed by atoms with Crippen LogP contribution in [0.15, 0.2) is 40.9 Å². The van der Waals surface area contributed by atoms with Gasteiger partial charge in [0.2, 0.25) is 0 Å². The molecule has 0 spiro atoms. The molecule has 1 aliphatic rings. The van der Waals surface area contributed by atoms with Crippen LogP contribution in [0.5, 0.6) is 0 Å². The van der Waals surface area contributed by atoms with E-state index in [0.717, 1.165) is 28.3 Å². The van der Waals surface area contributed by atoms with E-state index in [-0.39, 0.29) is 0 Å². The van der Waals surface area contributed by atoms with Gasteiger partial charge in [-0.15, -0.1) is 0 Å². The van der Waals surface area contributed by atoms with E-state index in [1.807, 2.05) is 41.2 Å². The number of aromatic nitrogens is 2. The number of nitrogens with two attached hydrogens (primary N) is 1. The molecular weight excluding hydrogens is 250 g/mol. The van der Waals surface area contributed by atoms with Crippen LogP contribution in [-0.2, 0) is 0 Å². The lowest BCUT2D eigenvalue weighted by Gasteiger charge is -2.09. The molecule has 0 saturated heterocycles. The molecule has 0 amide bonds. The maximum absolute atomic E-state index is 6.11. The summed E-state index contributed by atoms with van der Waals surface area (Å²) >= 11 is 0. The van der Waals surface area contributed by atoms with Gasteiger partial charge in [0.15, 0.2) is 11.5 Å². The second-order valence-corrected chi connectivity index (χ2v) is 5.64. The molecule has 4 heteroatoms. The highest BCUT2D eigenvalue weighted by Crippen LogP contribution is 2.40. The quantitative estimate of drug-likeness (QED) is 0.784. The highest BCUT2D eigenvalue weighted by Gasteiger charge is 2.30. The normalized spacial score (nSPS) is 16.6. The van der Waals surface area contributed by atoms with Crippen LogP contribution in [0.3, 0.4) is 0 Å². The Hall–Kier alpha value is -2.23. The van der Waals surface area contributed by atoms with Gasteiger partial charge in [0.25, 0.3) is 0 Å². The van der Waals surface area contributed by atoms with E-state index in [2.05, 4.69) is 12.0 Å². The third kappa shape index (κ3) is 1.80.